The van der Waals surface area contributed by atoms with Crippen LogP contribution in [0.2, 0.25) is 0 Å². The number of methoxy groups -OCH3 is 1. The summed E-state index contributed by atoms with van der Waals surface area (Å²) in [6.07, 6.45) is 0. The maximum atomic E-state index is 12.5. The molecule has 0 bridgehead atoms. The molecular weight excluding hydrogens is 332 g/mol. The van der Waals surface area contributed by atoms with Crippen LogP contribution in [-0.2, 0) is 14.3 Å². The van der Waals surface area contributed by atoms with Crippen molar-refractivity contribution in [1.82, 2.24) is 0 Å². The van der Waals surface area contributed by atoms with Gasteiger partial charge in [0, 0.05) is 12.6 Å². The van der Waals surface area contributed by atoms with E-state index < -0.39 is 11.9 Å². The molecule has 2 aromatic rings. The number of anilines is 2. The first-order chi connectivity index (χ1) is 12.3. The molecule has 0 fully saturated rings. The molecule has 136 valence electrons. The Morgan fingerprint density at radius 2 is 1.77 bits per heavy atom. The molecule has 2 amide bonds. The van der Waals surface area contributed by atoms with Crippen molar-refractivity contribution in [2.75, 3.05) is 23.9 Å². The van der Waals surface area contributed by atoms with Gasteiger partial charge in [-0.25, -0.2) is 4.79 Å². The van der Waals surface area contributed by atoms with Crippen molar-refractivity contribution in [2.24, 2.45) is 0 Å². The predicted octanol–water partition coefficient (Wildman–Crippen LogP) is 3.08. The fourth-order valence-electron chi connectivity index (χ4n) is 2.69. The van der Waals surface area contributed by atoms with E-state index in [0.29, 0.717) is 11.4 Å². The number of esters is 1. The van der Waals surface area contributed by atoms with Crippen LogP contribution in [0.15, 0.2) is 42.5 Å². The summed E-state index contributed by atoms with van der Waals surface area (Å²) in [5.74, 6) is -1.19. The number of nitrogens with one attached hydrogen (secondary N) is 1. The van der Waals surface area contributed by atoms with E-state index in [1.807, 2.05) is 32.0 Å². The molecule has 0 aliphatic heterocycles. The van der Waals surface area contributed by atoms with E-state index in [1.54, 1.807) is 24.3 Å². The SMILES string of the molecule is COC(=O)c1ccccc1NC(=O)CN(C(C)=O)c1ccc(C)cc1C. The summed E-state index contributed by atoms with van der Waals surface area (Å²) in [6.45, 7) is 5.11. The summed E-state index contributed by atoms with van der Waals surface area (Å²) in [5, 5.41) is 2.68. The molecule has 2 rings (SSSR count). The topological polar surface area (TPSA) is 75.7 Å². The zero-order valence-corrected chi connectivity index (χ0v) is 15.3. The molecule has 6 heteroatoms. The van der Waals surface area contributed by atoms with Gasteiger partial charge in [-0.1, -0.05) is 29.8 Å². The molecule has 0 atom stereocenters. The number of ether oxygens (including phenoxy) is 1. The van der Waals surface area contributed by atoms with Gasteiger partial charge in [0.1, 0.15) is 6.54 Å². The highest BCUT2D eigenvalue weighted by Crippen LogP contribution is 2.22. The highest BCUT2D eigenvalue weighted by molar-refractivity contribution is 6.05. The number of carbonyl (C=O) groups is 3. The molecule has 0 spiro atoms. The van der Waals surface area contributed by atoms with Crippen molar-refractivity contribution in [3.63, 3.8) is 0 Å². The second-order valence-electron chi connectivity index (χ2n) is 5.98. The molecule has 0 heterocycles. The molecule has 0 aliphatic rings. The van der Waals surface area contributed by atoms with E-state index in [9.17, 15) is 14.4 Å². The lowest BCUT2D eigenvalue weighted by atomic mass is 10.1. The van der Waals surface area contributed by atoms with Crippen molar-refractivity contribution >= 4 is 29.2 Å². The number of para-hydroxylation sites is 1. The number of hydrogen-bond acceptors (Lipinski definition) is 4. The average Bonchev–Trinajstić information content (AvgIpc) is 2.60. The summed E-state index contributed by atoms with van der Waals surface area (Å²) in [6, 6.07) is 12.2. The van der Waals surface area contributed by atoms with Crippen LogP contribution >= 0.6 is 0 Å². The summed E-state index contributed by atoms with van der Waals surface area (Å²) in [7, 11) is 1.28. The maximum absolute atomic E-state index is 12.5. The molecule has 26 heavy (non-hydrogen) atoms. The van der Waals surface area contributed by atoms with Crippen molar-refractivity contribution in [2.45, 2.75) is 20.8 Å². The van der Waals surface area contributed by atoms with E-state index in [0.717, 1.165) is 11.1 Å². The molecule has 0 aromatic heterocycles. The van der Waals surface area contributed by atoms with Gasteiger partial charge in [0.15, 0.2) is 0 Å². The number of hydrogen-bond donors (Lipinski definition) is 1. The lowest BCUT2D eigenvalue weighted by molar-refractivity contribution is -0.120. The van der Waals surface area contributed by atoms with Gasteiger partial charge < -0.3 is 15.0 Å². The van der Waals surface area contributed by atoms with E-state index >= 15 is 0 Å². The van der Waals surface area contributed by atoms with Gasteiger partial charge >= 0.3 is 5.97 Å². The zero-order valence-electron chi connectivity index (χ0n) is 15.3. The molecule has 0 aliphatic carbocycles. The minimum absolute atomic E-state index is 0.158. The number of carbonyl (C=O) groups excluding carboxylic acids is 3. The van der Waals surface area contributed by atoms with Crippen LogP contribution in [0.3, 0.4) is 0 Å². The zero-order chi connectivity index (χ0) is 19.3. The number of amides is 2. The summed E-state index contributed by atoms with van der Waals surface area (Å²) < 4.78 is 4.72. The maximum Gasteiger partial charge on any atom is 0.339 e. The quantitative estimate of drug-likeness (QED) is 0.837. The summed E-state index contributed by atoms with van der Waals surface area (Å²) >= 11 is 0. The molecule has 0 saturated heterocycles. The van der Waals surface area contributed by atoms with Crippen molar-refractivity contribution in [1.29, 1.82) is 0 Å². The van der Waals surface area contributed by atoms with E-state index in [2.05, 4.69) is 5.32 Å². The second-order valence-corrected chi connectivity index (χ2v) is 5.98. The molecule has 0 saturated carbocycles. The van der Waals surface area contributed by atoms with Crippen molar-refractivity contribution in [3.8, 4) is 0 Å². The highest BCUT2D eigenvalue weighted by atomic mass is 16.5. The molecule has 2 aromatic carbocycles. The van der Waals surface area contributed by atoms with Crippen LogP contribution in [0.5, 0.6) is 0 Å². The van der Waals surface area contributed by atoms with Crippen molar-refractivity contribution in [3.05, 3.63) is 59.2 Å². The fraction of sp³-hybridized carbons (Fsp3) is 0.250. The molecule has 0 radical (unpaired) electrons. The van der Waals surface area contributed by atoms with Gasteiger partial charge in [-0.05, 0) is 37.6 Å². The fourth-order valence-corrected chi connectivity index (χ4v) is 2.69. The standard InChI is InChI=1S/C20H22N2O4/c1-13-9-10-18(14(2)11-13)22(15(3)23)12-19(24)21-17-8-6-5-7-16(17)20(25)26-4/h5-11H,12H2,1-4H3,(H,21,24). The van der Waals surface area contributed by atoms with Crippen LogP contribution in [0, 0.1) is 13.8 Å². The Labute approximate surface area is 152 Å². The molecule has 1 N–H and O–H groups in total. The lowest BCUT2D eigenvalue weighted by Crippen LogP contribution is -2.37. The van der Waals surface area contributed by atoms with Gasteiger partial charge in [-0.2, -0.15) is 0 Å². The van der Waals surface area contributed by atoms with Crippen LogP contribution in [0.25, 0.3) is 0 Å². The monoisotopic (exact) mass is 354 g/mol. The number of rotatable bonds is 5. The summed E-state index contributed by atoms with van der Waals surface area (Å²) in [4.78, 5) is 37.8. The Morgan fingerprint density at radius 1 is 1.08 bits per heavy atom. The third-order valence-corrected chi connectivity index (χ3v) is 3.93. The van der Waals surface area contributed by atoms with E-state index in [1.165, 1.54) is 18.9 Å². The van der Waals surface area contributed by atoms with Crippen LogP contribution in [-0.4, -0.2) is 31.4 Å². The lowest BCUT2D eigenvalue weighted by Gasteiger charge is -2.23. The Hall–Kier alpha value is -3.15. The Bertz CT molecular complexity index is 845. The smallest absolute Gasteiger partial charge is 0.339 e. The highest BCUT2D eigenvalue weighted by Gasteiger charge is 2.19. The summed E-state index contributed by atoms with van der Waals surface area (Å²) in [5.41, 5.74) is 3.26. The molecular formula is C20H22N2O4. The third-order valence-electron chi connectivity index (χ3n) is 3.93. The first kappa shape index (κ1) is 19.2. The second kappa shape index (κ2) is 8.29. The minimum Gasteiger partial charge on any atom is -0.465 e. The largest absolute Gasteiger partial charge is 0.465 e. The predicted molar refractivity (Wildman–Crippen MR) is 100 cm³/mol. The van der Waals surface area contributed by atoms with Gasteiger partial charge in [0.05, 0.1) is 18.4 Å². The van der Waals surface area contributed by atoms with E-state index in [4.69, 9.17) is 4.74 Å². The van der Waals surface area contributed by atoms with Crippen LogP contribution in [0.4, 0.5) is 11.4 Å². The number of nitrogens with zero attached hydrogens (tertiary/aromatic N) is 1. The Kier molecular flexibility index (Phi) is 6.11. The van der Waals surface area contributed by atoms with Crippen LogP contribution < -0.4 is 10.2 Å². The average molecular weight is 354 g/mol. The Morgan fingerprint density at radius 3 is 2.38 bits per heavy atom. The molecule has 0 unspecified atom stereocenters. The third kappa shape index (κ3) is 4.47. The van der Waals surface area contributed by atoms with E-state index in [-0.39, 0.29) is 18.0 Å². The Balaban J connectivity index is 2.22. The first-order valence-electron chi connectivity index (χ1n) is 8.16. The van der Waals surface area contributed by atoms with Gasteiger partial charge in [-0.3, -0.25) is 9.59 Å². The molecule has 6 nitrogen and oxygen atoms in total. The van der Waals surface area contributed by atoms with Gasteiger partial charge in [0.2, 0.25) is 11.8 Å². The number of benzene rings is 2. The normalized spacial score (nSPS) is 10.2. The van der Waals surface area contributed by atoms with Crippen LogP contribution in [0.1, 0.15) is 28.4 Å². The number of aryl methyl sites for hydroxylation is 2. The first-order valence-corrected chi connectivity index (χ1v) is 8.16. The van der Waals surface area contributed by atoms with Crippen molar-refractivity contribution < 1.29 is 19.1 Å². The van der Waals surface area contributed by atoms with Gasteiger partial charge in [-0.15, -0.1) is 0 Å². The minimum atomic E-state index is -0.543. The van der Waals surface area contributed by atoms with Gasteiger partial charge in [0.25, 0.3) is 0 Å².